The SMILES string of the molecule is Cc1ccc(CNc2cc(C)ccn2)nc1. The zero-order valence-electron chi connectivity index (χ0n) is 9.57. The van der Waals surface area contributed by atoms with Crippen molar-refractivity contribution < 1.29 is 0 Å². The molecular weight excluding hydrogens is 198 g/mol. The lowest BCUT2D eigenvalue weighted by Gasteiger charge is -2.05. The molecule has 0 aliphatic rings. The van der Waals surface area contributed by atoms with E-state index in [0.29, 0.717) is 6.54 Å². The maximum Gasteiger partial charge on any atom is 0.126 e. The first-order valence-corrected chi connectivity index (χ1v) is 5.32. The van der Waals surface area contributed by atoms with Crippen LogP contribution < -0.4 is 5.32 Å². The van der Waals surface area contributed by atoms with Gasteiger partial charge in [0.1, 0.15) is 5.82 Å². The highest BCUT2D eigenvalue weighted by Crippen LogP contribution is 2.07. The van der Waals surface area contributed by atoms with Gasteiger partial charge in [-0.25, -0.2) is 4.98 Å². The van der Waals surface area contributed by atoms with Gasteiger partial charge in [0.2, 0.25) is 0 Å². The molecule has 0 spiro atoms. The Bertz CT molecular complexity index is 463. The van der Waals surface area contributed by atoms with Gasteiger partial charge in [-0.2, -0.15) is 0 Å². The number of pyridine rings is 2. The predicted octanol–water partition coefficient (Wildman–Crippen LogP) is 2.71. The monoisotopic (exact) mass is 213 g/mol. The van der Waals surface area contributed by atoms with Crippen LogP contribution in [0.2, 0.25) is 0 Å². The Kier molecular flexibility index (Phi) is 3.15. The van der Waals surface area contributed by atoms with E-state index < -0.39 is 0 Å². The molecule has 0 saturated heterocycles. The highest BCUT2D eigenvalue weighted by molar-refractivity contribution is 5.37. The van der Waals surface area contributed by atoms with Crippen LogP contribution in [0.3, 0.4) is 0 Å². The summed E-state index contributed by atoms with van der Waals surface area (Å²) in [6.45, 7) is 4.79. The third-order valence-electron chi connectivity index (χ3n) is 2.34. The van der Waals surface area contributed by atoms with Gasteiger partial charge in [-0.3, -0.25) is 4.98 Å². The lowest BCUT2D eigenvalue weighted by atomic mass is 10.2. The van der Waals surface area contributed by atoms with E-state index in [4.69, 9.17) is 0 Å². The third kappa shape index (κ3) is 2.79. The molecule has 1 N–H and O–H groups in total. The standard InChI is InChI=1S/C13H15N3/c1-10-5-6-14-13(7-10)16-9-12-4-3-11(2)8-15-12/h3-8H,9H2,1-2H3,(H,14,16). The molecule has 2 aromatic heterocycles. The molecule has 0 aromatic carbocycles. The molecule has 82 valence electrons. The topological polar surface area (TPSA) is 37.8 Å². The molecule has 0 atom stereocenters. The molecule has 0 amide bonds. The van der Waals surface area contributed by atoms with E-state index in [2.05, 4.69) is 28.3 Å². The lowest BCUT2D eigenvalue weighted by molar-refractivity contribution is 1.02. The molecule has 3 nitrogen and oxygen atoms in total. The van der Waals surface area contributed by atoms with Gasteiger partial charge >= 0.3 is 0 Å². The number of rotatable bonds is 3. The van der Waals surface area contributed by atoms with E-state index in [1.807, 2.05) is 31.3 Å². The number of nitrogens with one attached hydrogen (secondary N) is 1. The van der Waals surface area contributed by atoms with Crippen LogP contribution in [0.5, 0.6) is 0 Å². The van der Waals surface area contributed by atoms with Gasteiger partial charge in [-0.15, -0.1) is 0 Å². The number of anilines is 1. The quantitative estimate of drug-likeness (QED) is 0.851. The van der Waals surface area contributed by atoms with Gasteiger partial charge in [-0.05, 0) is 43.2 Å². The van der Waals surface area contributed by atoms with Crippen molar-refractivity contribution >= 4 is 5.82 Å². The predicted molar refractivity (Wildman–Crippen MR) is 65.3 cm³/mol. The Morgan fingerprint density at radius 2 is 1.94 bits per heavy atom. The van der Waals surface area contributed by atoms with Crippen LogP contribution in [0.4, 0.5) is 5.82 Å². The van der Waals surface area contributed by atoms with Crippen molar-refractivity contribution in [3.05, 3.63) is 53.5 Å². The fourth-order valence-electron chi connectivity index (χ4n) is 1.42. The summed E-state index contributed by atoms with van der Waals surface area (Å²) in [6.07, 6.45) is 3.68. The van der Waals surface area contributed by atoms with Crippen molar-refractivity contribution in [2.24, 2.45) is 0 Å². The van der Waals surface area contributed by atoms with Crippen LogP contribution in [0.1, 0.15) is 16.8 Å². The summed E-state index contributed by atoms with van der Waals surface area (Å²) in [7, 11) is 0. The Morgan fingerprint density at radius 1 is 1.06 bits per heavy atom. The first-order valence-electron chi connectivity index (χ1n) is 5.32. The highest BCUT2D eigenvalue weighted by Gasteiger charge is 1.96. The van der Waals surface area contributed by atoms with Crippen molar-refractivity contribution in [3.8, 4) is 0 Å². The van der Waals surface area contributed by atoms with E-state index in [9.17, 15) is 0 Å². The zero-order valence-corrected chi connectivity index (χ0v) is 9.57. The average Bonchev–Trinajstić information content (AvgIpc) is 2.28. The second-order valence-corrected chi connectivity index (χ2v) is 3.90. The van der Waals surface area contributed by atoms with Gasteiger partial charge in [0.05, 0.1) is 12.2 Å². The van der Waals surface area contributed by atoms with Crippen molar-refractivity contribution in [2.45, 2.75) is 20.4 Å². The molecule has 0 saturated carbocycles. The second kappa shape index (κ2) is 4.75. The van der Waals surface area contributed by atoms with E-state index in [-0.39, 0.29) is 0 Å². The van der Waals surface area contributed by atoms with E-state index in [1.54, 1.807) is 6.20 Å². The van der Waals surface area contributed by atoms with Crippen LogP contribution in [0, 0.1) is 13.8 Å². The lowest BCUT2D eigenvalue weighted by Crippen LogP contribution is -2.03. The number of aryl methyl sites for hydroxylation is 2. The minimum absolute atomic E-state index is 0.705. The van der Waals surface area contributed by atoms with Crippen molar-refractivity contribution in [2.75, 3.05) is 5.32 Å². The number of aromatic nitrogens is 2. The first-order chi connectivity index (χ1) is 7.74. The zero-order chi connectivity index (χ0) is 11.4. The summed E-state index contributed by atoms with van der Waals surface area (Å²) in [5.74, 6) is 0.891. The molecule has 2 rings (SSSR count). The summed E-state index contributed by atoms with van der Waals surface area (Å²) < 4.78 is 0. The average molecular weight is 213 g/mol. The Labute approximate surface area is 95.6 Å². The minimum Gasteiger partial charge on any atom is -0.364 e. The number of hydrogen-bond donors (Lipinski definition) is 1. The molecule has 0 bridgehead atoms. The van der Waals surface area contributed by atoms with Crippen LogP contribution >= 0.6 is 0 Å². The molecule has 16 heavy (non-hydrogen) atoms. The molecular formula is C13H15N3. The number of nitrogens with zero attached hydrogens (tertiary/aromatic N) is 2. The van der Waals surface area contributed by atoms with Gasteiger partial charge in [0.15, 0.2) is 0 Å². The Hall–Kier alpha value is -1.90. The largest absolute Gasteiger partial charge is 0.364 e. The van der Waals surface area contributed by atoms with Crippen molar-refractivity contribution in [3.63, 3.8) is 0 Å². The third-order valence-corrected chi connectivity index (χ3v) is 2.34. The molecule has 0 radical (unpaired) electrons. The van der Waals surface area contributed by atoms with Crippen molar-refractivity contribution in [1.29, 1.82) is 0 Å². The molecule has 2 heterocycles. The Balaban J connectivity index is 1.99. The fourth-order valence-corrected chi connectivity index (χ4v) is 1.42. The Morgan fingerprint density at radius 3 is 2.62 bits per heavy atom. The maximum atomic E-state index is 4.33. The van der Waals surface area contributed by atoms with Crippen molar-refractivity contribution in [1.82, 2.24) is 9.97 Å². The van der Waals surface area contributed by atoms with E-state index in [1.165, 1.54) is 11.1 Å². The van der Waals surface area contributed by atoms with Gasteiger partial charge in [0.25, 0.3) is 0 Å². The molecule has 2 aromatic rings. The molecule has 0 aliphatic carbocycles. The molecule has 0 aliphatic heterocycles. The summed E-state index contributed by atoms with van der Waals surface area (Å²) >= 11 is 0. The first kappa shape index (κ1) is 10.6. The van der Waals surface area contributed by atoms with Crippen LogP contribution in [-0.2, 0) is 6.54 Å². The fraction of sp³-hybridized carbons (Fsp3) is 0.231. The molecule has 0 fully saturated rings. The van der Waals surface area contributed by atoms with Crippen LogP contribution in [-0.4, -0.2) is 9.97 Å². The molecule has 0 unspecified atom stereocenters. The van der Waals surface area contributed by atoms with Gasteiger partial charge < -0.3 is 5.32 Å². The van der Waals surface area contributed by atoms with Crippen LogP contribution in [0.25, 0.3) is 0 Å². The summed E-state index contributed by atoms with van der Waals surface area (Å²) in [5.41, 5.74) is 3.40. The normalized spacial score (nSPS) is 10.1. The smallest absolute Gasteiger partial charge is 0.126 e. The van der Waals surface area contributed by atoms with Gasteiger partial charge in [-0.1, -0.05) is 6.07 Å². The van der Waals surface area contributed by atoms with Gasteiger partial charge in [0, 0.05) is 12.4 Å². The van der Waals surface area contributed by atoms with Crippen LogP contribution in [0.15, 0.2) is 36.7 Å². The highest BCUT2D eigenvalue weighted by atomic mass is 15.0. The summed E-state index contributed by atoms with van der Waals surface area (Å²) in [5, 5.41) is 3.25. The van der Waals surface area contributed by atoms with E-state index >= 15 is 0 Å². The summed E-state index contributed by atoms with van der Waals surface area (Å²) in [4.78, 5) is 8.56. The minimum atomic E-state index is 0.705. The summed E-state index contributed by atoms with van der Waals surface area (Å²) in [6, 6.07) is 8.09. The number of hydrogen-bond acceptors (Lipinski definition) is 3. The molecule has 3 heteroatoms. The second-order valence-electron chi connectivity index (χ2n) is 3.90. The maximum absolute atomic E-state index is 4.33. The van der Waals surface area contributed by atoms with E-state index in [0.717, 1.165) is 11.5 Å².